The van der Waals surface area contributed by atoms with Gasteiger partial charge in [0.1, 0.15) is 11.7 Å². The first-order chi connectivity index (χ1) is 17.5. The number of rotatable bonds is 15. The summed E-state index contributed by atoms with van der Waals surface area (Å²) in [7, 11) is -2.85. The molecule has 1 aliphatic rings. The van der Waals surface area contributed by atoms with Crippen molar-refractivity contribution in [1.82, 2.24) is 5.32 Å². The van der Waals surface area contributed by atoms with Crippen molar-refractivity contribution in [3.8, 4) is 0 Å². The zero-order valence-corrected chi connectivity index (χ0v) is 27.6. The van der Waals surface area contributed by atoms with Crippen molar-refractivity contribution >= 4 is 20.4 Å². The lowest BCUT2D eigenvalue weighted by Gasteiger charge is -2.54. The van der Waals surface area contributed by atoms with E-state index in [2.05, 4.69) is 53.8 Å². The summed E-state index contributed by atoms with van der Waals surface area (Å²) in [6, 6.07) is -0.556. The number of hydrogen-bond acceptors (Lipinski definition) is 5. The van der Waals surface area contributed by atoms with Crippen LogP contribution in [0.1, 0.15) is 153 Å². The van der Waals surface area contributed by atoms with Crippen LogP contribution < -0.4 is 5.32 Å². The number of Topliss-reactive ketones (excluding diaryl/α,β-unsaturated/α-hetero) is 1. The van der Waals surface area contributed by atoms with E-state index in [-0.39, 0.29) is 22.5 Å². The van der Waals surface area contributed by atoms with Gasteiger partial charge in [-0.25, -0.2) is 4.79 Å². The molecule has 0 aromatic carbocycles. The molecule has 0 aliphatic carbocycles. The minimum Gasteiger partial charge on any atom is -0.444 e. The van der Waals surface area contributed by atoms with Crippen LogP contribution in [-0.2, 0) is 18.4 Å². The van der Waals surface area contributed by atoms with E-state index in [1.807, 2.05) is 20.8 Å². The molecule has 6 nitrogen and oxygen atoms in total. The summed E-state index contributed by atoms with van der Waals surface area (Å²) in [5, 5.41) is 2.40. The van der Waals surface area contributed by atoms with E-state index < -0.39 is 32.4 Å². The van der Waals surface area contributed by atoms with E-state index in [1.165, 1.54) is 64.2 Å². The Labute approximate surface area is 236 Å². The second-order valence-corrected chi connectivity index (χ2v) is 19.1. The highest BCUT2D eigenvalue weighted by Crippen LogP contribution is 2.54. The smallest absolute Gasteiger partial charge is 0.408 e. The lowest BCUT2D eigenvalue weighted by atomic mass is 10.0. The Balaban J connectivity index is 2.69. The molecule has 1 heterocycles. The average Bonchev–Trinajstić information content (AvgIpc) is 2.77. The standard InChI is InChI=1S/C31H61NO5Si/c1-11-12-13-14-15-16-17-18-19-20-21-22-23-26(33)27-25(32-28(34)36-29(2,3)4)24-35-38(37-27,30(5,6)7)31(8,9)10/h25,27H,11-24H2,1-10H3,(H,32,34)/t25-,27-/m0/s1. The largest absolute Gasteiger partial charge is 0.444 e. The van der Waals surface area contributed by atoms with Gasteiger partial charge in [0.15, 0.2) is 5.78 Å². The molecule has 38 heavy (non-hydrogen) atoms. The highest BCUT2D eigenvalue weighted by atomic mass is 28.4. The van der Waals surface area contributed by atoms with Crippen LogP contribution in [0, 0.1) is 0 Å². The SMILES string of the molecule is CCCCCCCCCCCCCCC(=O)[C@H]1O[Si](C(C)(C)C)(C(C)(C)C)OC[C@@H]1NC(=O)OC(C)(C)C. The average molecular weight is 556 g/mol. The van der Waals surface area contributed by atoms with E-state index in [0.717, 1.165) is 12.8 Å². The Morgan fingerprint density at radius 1 is 0.763 bits per heavy atom. The maximum absolute atomic E-state index is 13.5. The Morgan fingerprint density at radius 2 is 1.21 bits per heavy atom. The minimum atomic E-state index is -2.85. The predicted octanol–water partition coefficient (Wildman–Crippen LogP) is 9.00. The summed E-state index contributed by atoms with van der Waals surface area (Å²) in [6.07, 6.45) is 14.3. The Morgan fingerprint density at radius 3 is 1.63 bits per heavy atom. The second kappa shape index (κ2) is 15.8. The Bertz CT molecular complexity index is 691. The summed E-state index contributed by atoms with van der Waals surface area (Å²) in [6.45, 7) is 20.8. The summed E-state index contributed by atoms with van der Waals surface area (Å²) in [5.74, 6) is 0.0619. The number of amides is 1. The predicted molar refractivity (Wildman–Crippen MR) is 160 cm³/mol. The fourth-order valence-electron chi connectivity index (χ4n) is 5.65. The molecule has 1 aliphatic heterocycles. The molecular weight excluding hydrogens is 494 g/mol. The van der Waals surface area contributed by atoms with Crippen LogP contribution in [0.3, 0.4) is 0 Å². The number of hydrogen-bond donors (Lipinski definition) is 1. The molecule has 0 radical (unpaired) electrons. The van der Waals surface area contributed by atoms with E-state index in [0.29, 0.717) is 6.42 Å². The molecule has 0 bridgehead atoms. The number of ether oxygens (including phenoxy) is 1. The van der Waals surface area contributed by atoms with Crippen molar-refractivity contribution in [2.75, 3.05) is 6.61 Å². The molecule has 0 aromatic rings. The molecule has 1 amide bonds. The van der Waals surface area contributed by atoms with E-state index in [9.17, 15) is 9.59 Å². The van der Waals surface area contributed by atoms with Gasteiger partial charge in [-0.15, -0.1) is 0 Å². The van der Waals surface area contributed by atoms with E-state index >= 15 is 0 Å². The van der Waals surface area contributed by atoms with Crippen molar-refractivity contribution in [1.29, 1.82) is 0 Å². The van der Waals surface area contributed by atoms with Gasteiger partial charge < -0.3 is 18.9 Å². The maximum atomic E-state index is 13.5. The summed E-state index contributed by atoms with van der Waals surface area (Å²) in [4.78, 5) is 26.1. The Kier molecular flexibility index (Phi) is 14.6. The molecule has 1 fully saturated rings. The van der Waals surface area contributed by atoms with Gasteiger partial charge in [-0.3, -0.25) is 4.79 Å². The van der Waals surface area contributed by atoms with Gasteiger partial charge >= 0.3 is 14.7 Å². The van der Waals surface area contributed by atoms with Crippen molar-refractivity contribution in [3.63, 3.8) is 0 Å². The van der Waals surface area contributed by atoms with Crippen LogP contribution in [0.25, 0.3) is 0 Å². The number of unbranched alkanes of at least 4 members (excludes halogenated alkanes) is 11. The first-order valence-electron chi connectivity index (χ1n) is 15.4. The summed E-state index contributed by atoms with van der Waals surface area (Å²) in [5.41, 5.74) is -0.621. The maximum Gasteiger partial charge on any atom is 0.408 e. The van der Waals surface area contributed by atoms with Gasteiger partial charge in [0.05, 0.1) is 12.6 Å². The fraction of sp³-hybridized carbons (Fsp3) is 0.935. The molecule has 0 spiro atoms. The van der Waals surface area contributed by atoms with Gasteiger partial charge in [0.2, 0.25) is 0 Å². The van der Waals surface area contributed by atoms with Gasteiger partial charge in [0, 0.05) is 16.5 Å². The lowest BCUT2D eigenvalue weighted by molar-refractivity contribution is -0.132. The zero-order chi connectivity index (χ0) is 29.0. The van der Waals surface area contributed by atoms with Crippen LogP contribution in [0.5, 0.6) is 0 Å². The first kappa shape index (κ1) is 35.1. The molecule has 2 atom stereocenters. The van der Waals surface area contributed by atoms with Gasteiger partial charge in [-0.1, -0.05) is 119 Å². The third-order valence-electron chi connectivity index (χ3n) is 7.40. The van der Waals surface area contributed by atoms with E-state index in [1.54, 1.807) is 0 Å². The van der Waals surface area contributed by atoms with Crippen LogP contribution in [0.2, 0.25) is 10.1 Å². The molecule has 0 saturated carbocycles. The van der Waals surface area contributed by atoms with Crippen molar-refractivity contribution < 1.29 is 23.2 Å². The van der Waals surface area contributed by atoms with Crippen molar-refractivity contribution in [2.24, 2.45) is 0 Å². The Hall–Kier alpha value is -0.923. The molecule has 7 heteroatoms. The van der Waals surface area contributed by atoms with Crippen molar-refractivity contribution in [3.05, 3.63) is 0 Å². The normalized spacial score (nSPS) is 20.3. The third-order valence-corrected chi connectivity index (χ3v) is 12.5. The van der Waals surface area contributed by atoms with Crippen LogP contribution in [-0.4, -0.2) is 44.8 Å². The van der Waals surface area contributed by atoms with Crippen LogP contribution in [0.4, 0.5) is 4.79 Å². The minimum absolute atomic E-state index is 0.0619. The third kappa shape index (κ3) is 11.7. The van der Waals surface area contributed by atoms with Gasteiger partial charge in [-0.05, 0) is 27.2 Å². The molecule has 1 N–H and O–H groups in total. The number of carbonyl (C=O) groups excluding carboxylic acids is 2. The van der Waals surface area contributed by atoms with E-state index in [4.69, 9.17) is 13.6 Å². The molecule has 1 rings (SSSR count). The highest BCUT2D eigenvalue weighted by molar-refractivity contribution is 6.73. The molecule has 224 valence electrons. The molecule has 0 unspecified atom stereocenters. The van der Waals surface area contributed by atoms with Gasteiger partial charge in [0.25, 0.3) is 0 Å². The zero-order valence-electron chi connectivity index (χ0n) is 26.6. The number of nitrogens with one attached hydrogen (secondary N) is 1. The molecule has 0 aromatic heterocycles. The van der Waals surface area contributed by atoms with Gasteiger partial charge in [-0.2, -0.15) is 0 Å². The number of alkyl carbamates (subject to hydrolysis) is 1. The highest BCUT2D eigenvalue weighted by Gasteiger charge is 2.62. The second-order valence-electron chi connectivity index (χ2n) is 14.3. The monoisotopic (exact) mass is 555 g/mol. The van der Waals surface area contributed by atoms with Crippen LogP contribution in [0.15, 0.2) is 0 Å². The fourth-order valence-corrected chi connectivity index (χ4v) is 10.6. The summed E-state index contributed by atoms with van der Waals surface area (Å²) < 4.78 is 18.8. The van der Waals surface area contributed by atoms with Crippen molar-refractivity contribution in [2.45, 2.75) is 181 Å². The first-order valence-corrected chi connectivity index (χ1v) is 17.2. The number of carbonyl (C=O) groups is 2. The quantitative estimate of drug-likeness (QED) is 0.161. The van der Waals surface area contributed by atoms with Crippen LogP contribution >= 0.6 is 0 Å². The molecular formula is C31H61NO5Si. The summed E-state index contributed by atoms with van der Waals surface area (Å²) >= 11 is 0. The lowest BCUT2D eigenvalue weighted by Crippen LogP contribution is -2.68. The molecule has 1 saturated heterocycles. The number of ketones is 1. The topological polar surface area (TPSA) is 73.9 Å².